The molecule has 0 bridgehead atoms. The molecule has 0 fully saturated rings. The van der Waals surface area contributed by atoms with Crippen LogP contribution < -0.4 is 5.32 Å². The SMILES string of the molecule is CNC(=O)CSc1nnc(-c2cccc(C)c2)n1-c1ccc(C)cc1. The molecule has 128 valence electrons. The summed E-state index contributed by atoms with van der Waals surface area (Å²) in [5, 5.41) is 12.0. The Bertz CT molecular complexity index is 887. The van der Waals surface area contributed by atoms with Crippen LogP contribution >= 0.6 is 11.8 Å². The number of amides is 1. The molecule has 5 nitrogen and oxygen atoms in total. The second-order valence-electron chi connectivity index (χ2n) is 5.81. The lowest BCUT2D eigenvalue weighted by molar-refractivity contribution is -0.118. The van der Waals surface area contributed by atoms with E-state index in [4.69, 9.17) is 0 Å². The third-order valence-electron chi connectivity index (χ3n) is 3.81. The predicted octanol–water partition coefficient (Wildman–Crippen LogP) is 3.39. The minimum atomic E-state index is -0.0411. The second-order valence-corrected chi connectivity index (χ2v) is 6.75. The summed E-state index contributed by atoms with van der Waals surface area (Å²) in [5.74, 6) is 1.03. The molecule has 0 aliphatic carbocycles. The Balaban J connectivity index is 2.07. The van der Waals surface area contributed by atoms with Crippen molar-refractivity contribution in [2.45, 2.75) is 19.0 Å². The Labute approximate surface area is 151 Å². The van der Waals surface area contributed by atoms with E-state index < -0.39 is 0 Å². The molecule has 0 spiro atoms. The van der Waals surface area contributed by atoms with E-state index in [0.717, 1.165) is 22.6 Å². The van der Waals surface area contributed by atoms with Crippen molar-refractivity contribution in [1.82, 2.24) is 20.1 Å². The largest absolute Gasteiger partial charge is 0.358 e. The molecule has 0 atom stereocenters. The van der Waals surface area contributed by atoms with Crippen molar-refractivity contribution in [1.29, 1.82) is 0 Å². The zero-order valence-electron chi connectivity index (χ0n) is 14.5. The number of hydrogen-bond donors (Lipinski definition) is 1. The average Bonchev–Trinajstić information content (AvgIpc) is 3.04. The Morgan fingerprint density at radius 1 is 1.08 bits per heavy atom. The fraction of sp³-hybridized carbons (Fsp3) is 0.211. The molecule has 25 heavy (non-hydrogen) atoms. The van der Waals surface area contributed by atoms with Crippen molar-refractivity contribution >= 4 is 17.7 Å². The lowest BCUT2D eigenvalue weighted by Gasteiger charge is -2.11. The maximum atomic E-state index is 11.6. The summed E-state index contributed by atoms with van der Waals surface area (Å²) < 4.78 is 2.00. The average molecular weight is 352 g/mol. The third kappa shape index (κ3) is 3.91. The van der Waals surface area contributed by atoms with E-state index in [1.807, 2.05) is 28.8 Å². The topological polar surface area (TPSA) is 59.8 Å². The van der Waals surface area contributed by atoms with E-state index in [-0.39, 0.29) is 5.91 Å². The van der Waals surface area contributed by atoms with E-state index in [9.17, 15) is 4.79 Å². The van der Waals surface area contributed by atoms with Gasteiger partial charge < -0.3 is 5.32 Å². The van der Waals surface area contributed by atoms with Crippen LogP contribution in [0.4, 0.5) is 0 Å². The quantitative estimate of drug-likeness (QED) is 0.715. The van der Waals surface area contributed by atoms with Gasteiger partial charge in [-0.05, 0) is 32.0 Å². The number of hydrogen-bond acceptors (Lipinski definition) is 4. The van der Waals surface area contributed by atoms with Crippen molar-refractivity contribution < 1.29 is 4.79 Å². The monoisotopic (exact) mass is 352 g/mol. The smallest absolute Gasteiger partial charge is 0.230 e. The van der Waals surface area contributed by atoms with Crippen LogP contribution in [0.3, 0.4) is 0 Å². The van der Waals surface area contributed by atoms with Gasteiger partial charge in [0.15, 0.2) is 11.0 Å². The first-order valence-corrected chi connectivity index (χ1v) is 9.00. The zero-order chi connectivity index (χ0) is 17.8. The molecule has 3 aromatic rings. The van der Waals surface area contributed by atoms with Crippen LogP contribution in [0.2, 0.25) is 0 Å². The molecule has 0 saturated carbocycles. The highest BCUT2D eigenvalue weighted by Crippen LogP contribution is 2.28. The number of nitrogens with one attached hydrogen (secondary N) is 1. The molecular weight excluding hydrogens is 332 g/mol. The highest BCUT2D eigenvalue weighted by molar-refractivity contribution is 7.99. The first-order chi connectivity index (χ1) is 12.1. The first-order valence-electron chi connectivity index (χ1n) is 8.01. The summed E-state index contributed by atoms with van der Waals surface area (Å²) >= 11 is 1.38. The van der Waals surface area contributed by atoms with E-state index in [2.05, 4.69) is 53.6 Å². The van der Waals surface area contributed by atoms with E-state index >= 15 is 0 Å². The van der Waals surface area contributed by atoms with Gasteiger partial charge in [0, 0.05) is 18.3 Å². The molecule has 3 rings (SSSR count). The molecule has 0 aliphatic heterocycles. The number of thioether (sulfide) groups is 1. The Hall–Kier alpha value is -2.60. The maximum absolute atomic E-state index is 11.6. The number of carbonyl (C=O) groups excluding carboxylic acids is 1. The number of carbonyl (C=O) groups is 1. The number of benzene rings is 2. The van der Waals surface area contributed by atoms with Crippen LogP contribution in [0.25, 0.3) is 17.1 Å². The van der Waals surface area contributed by atoms with Gasteiger partial charge >= 0.3 is 0 Å². The molecular formula is C19H20N4OS. The minimum absolute atomic E-state index is 0.0411. The Morgan fingerprint density at radius 3 is 2.52 bits per heavy atom. The molecule has 1 aromatic heterocycles. The van der Waals surface area contributed by atoms with Crippen LogP contribution in [-0.4, -0.2) is 33.5 Å². The van der Waals surface area contributed by atoms with Crippen molar-refractivity contribution in [3.05, 3.63) is 59.7 Å². The summed E-state index contributed by atoms with van der Waals surface area (Å²) in [4.78, 5) is 11.6. The van der Waals surface area contributed by atoms with Crippen molar-refractivity contribution in [2.75, 3.05) is 12.8 Å². The lowest BCUT2D eigenvalue weighted by atomic mass is 10.1. The van der Waals surface area contributed by atoms with Gasteiger partial charge in [0.05, 0.1) is 5.75 Å². The van der Waals surface area contributed by atoms with Gasteiger partial charge in [-0.15, -0.1) is 10.2 Å². The second kappa shape index (κ2) is 7.53. The highest BCUT2D eigenvalue weighted by atomic mass is 32.2. The van der Waals surface area contributed by atoms with Crippen molar-refractivity contribution in [2.24, 2.45) is 0 Å². The lowest BCUT2D eigenvalue weighted by Crippen LogP contribution is -2.20. The summed E-state index contributed by atoms with van der Waals surface area (Å²) in [6.07, 6.45) is 0. The molecule has 0 unspecified atom stereocenters. The van der Waals surface area contributed by atoms with Crippen LogP contribution in [0.5, 0.6) is 0 Å². The van der Waals surface area contributed by atoms with Gasteiger partial charge in [0.1, 0.15) is 0 Å². The van der Waals surface area contributed by atoms with Gasteiger partial charge in [-0.3, -0.25) is 9.36 Å². The maximum Gasteiger partial charge on any atom is 0.230 e. The molecule has 0 aliphatic rings. The molecule has 2 aromatic carbocycles. The summed E-state index contributed by atoms with van der Waals surface area (Å²) in [6.45, 7) is 4.11. The number of rotatable bonds is 5. The highest BCUT2D eigenvalue weighted by Gasteiger charge is 2.17. The van der Waals surface area contributed by atoms with Crippen molar-refractivity contribution in [3.63, 3.8) is 0 Å². The zero-order valence-corrected chi connectivity index (χ0v) is 15.3. The number of nitrogens with zero attached hydrogens (tertiary/aromatic N) is 3. The van der Waals surface area contributed by atoms with E-state index in [0.29, 0.717) is 10.9 Å². The molecule has 1 N–H and O–H groups in total. The van der Waals surface area contributed by atoms with Crippen LogP contribution in [0.15, 0.2) is 53.7 Å². The number of aromatic nitrogens is 3. The standard InChI is InChI=1S/C19H20N4OS/c1-13-7-9-16(10-8-13)23-18(15-6-4-5-14(2)11-15)21-22-19(23)25-12-17(24)20-3/h4-11H,12H2,1-3H3,(H,20,24). The summed E-state index contributed by atoms with van der Waals surface area (Å²) in [7, 11) is 1.63. The fourth-order valence-corrected chi connectivity index (χ4v) is 3.29. The summed E-state index contributed by atoms with van der Waals surface area (Å²) in [5.41, 5.74) is 4.33. The third-order valence-corrected chi connectivity index (χ3v) is 4.74. The molecule has 6 heteroatoms. The normalized spacial score (nSPS) is 10.7. The van der Waals surface area contributed by atoms with Gasteiger partial charge in [-0.25, -0.2) is 0 Å². The molecule has 1 heterocycles. The Kier molecular flexibility index (Phi) is 5.19. The van der Waals surface area contributed by atoms with Gasteiger partial charge in [-0.1, -0.05) is 53.2 Å². The predicted molar refractivity (Wildman–Crippen MR) is 101 cm³/mol. The van der Waals surface area contributed by atoms with Gasteiger partial charge in [-0.2, -0.15) is 0 Å². The molecule has 0 saturated heterocycles. The van der Waals surface area contributed by atoms with E-state index in [1.54, 1.807) is 7.05 Å². The fourth-order valence-electron chi connectivity index (χ4n) is 2.46. The first kappa shape index (κ1) is 17.2. The Morgan fingerprint density at radius 2 is 1.84 bits per heavy atom. The van der Waals surface area contributed by atoms with Gasteiger partial charge in [0.25, 0.3) is 0 Å². The molecule has 0 radical (unpaired) electrons. The van der Waals surface area contributed by atoms with Crippen molar-refractivity contribution in [3.8, 4) is 17.1 Å². The molecule has 1 amide bonds. The van der Waals surface area contributed by atoms with Crippen LogP contribution in [0.1, 0.15) is 11.1 Å². The van der Waals surface area contributed by atoms with Gasteiger partial charge in [0.2, 0.25) is 5.91 Å². The van der Waals surface area contributed by atoms with Crippen LogP contribution in [0, 0.1) is 13.8 Å². The number of aryl methyl sites for hydroxylation is 2. The van der Waals surface area contributed by atoms with Crippen LogP contribution in [-0.2, 0) is 4.79 Å². The summed E-state index contributed by atoms with van der Waals surface area (Å²) in [6, 6.07) is 16.4. The minimum Gasteiger partial charge on any atom is -0.358 e. The van der Waals surface area contributed by atoms with E-state index in [1.165, 1.54) is 17.3 Å².